The predicted molar refractivity (Wildman–Crippen MR) is 55.0 cm³/mol. The molecule has 1 aromatic rings. The minimum Gasteiger partial charge on any atom is -0.356 e. The fourth-order valence-corrected chi connectivity index (χ4v) is 1.15. The summed E-state index contributed by atoms with van der Waals surface area (Å²) < 4.78 is 0. The average Bonchev–Trinajstić information content (AvgIpc) is 2.53. The molecule has 84 valence electrons. The Labute approximate surface area is 88.8 Å². The molecule has 0 saturated heterocycles. The van der Waals surface area contributed by atoms with Crippen LogP contribution in [0.5, 0.6) is 0 Å². The number of tetrazole rings is 1. The lowest BCUT2D eigenvalue weighted by Gasteiger charge is -2.16. The Balaban J connectivity index is 2.18. The van der Waals surface area contributed by atoms with Crippen LogP contribution in [-0.2, 0) is 11.2 Å². The van der Waals surface area contributed by atoms with E-state index in [4.69, 9.17) is 0 Å². The van der Waals surface area contributed by atoms with E-state index in [0.717, 1.165) is 0 Å². The highest BCUT2D eigenvalue weighted by molar-refractivity contribution is 5.76. The maximum Gasteiger partial charge on any atom is 0.220 e. The summed E-state index contributed by atoms with van der Waals surface area (Å²) in [7, 11) is 0. The highest BCUT2D eigenvalue weighted by Crippen LogP contribution is 2.17. The van der Waals surface area contributed by atoms with Gasteiger partial charge in [0.15, 0.2) is 5.82 Å². The smallest absolute Gasteiger partial charge is 0.220 e. The van der Waals surface area contributed by atoms with Crippen molar-refractivity contribution in [2.75, 3.05) is 6.54 Å². The summed E-state index contributed by atoms with van der Waals surface area (Å²) in [5, 5.41) is 16.2. The Hall–Kier alpha value is -1.46. The van der Waals surface area contributed by atoms with Gasteiger partial charge in [-0.15, -0.1) is 10.2 Å². The zero-order chi connectivity index (χ0) is 11.3. The van der Waals surface area contributed by atoms with E-state index in [9.17, 15) is 4.79 Å². The van der Waals surface area contributed by atoms with Gasteiger partial charge in [-0.2, -0.15) is 5.21 Å². The van der Waals surface area contributed by atoms with Crippen LogP contribution in [0, 0.1) is 5.41 Å². The van der Waals surface area contributed by atoms with E-state index in [1.807, 2.05) is 20.8 Å². The molecule has 0 bridgehead atoms. The topological polar surface area (TPSA) is 83.6 Å². The molecule has 0 atom stereocenters. The van der Waals surface area contributed by atoms with E-state index in [1.165, 1.54) is 0 Å². The fourth-order valence-electron chi connectivity index (χ4n) is 1.15. The predicted octanol–water partition coefficient (Wildman–Crippen LogP) is 0.295. The van der Waals surface area contributed by atoms with Crippen LogP contribution in [0.15, 0.2) is 0 Å². The summed E-state index contributed by atoms with van der Waals surface area (Å²) in [5.74, 6) is 0.678. The molecule has 6 nitrogen and oxygen atoms in total. The van der Waals surface area contributed by atoms with Crippen molar-refractivity contribution >= 4 is 5.91 Å². The molecule has 15 heavy (non-hydrogen) atoms. The molecular formula is C9H17N5O. The summed E-state index contributed by atoms with van der Waals surface area (Å²) >= 11 is 0. The molecular weight excluding hydrogens is 194 g/mol. The van der Waals surface area contributed by atoms with Gasteiger partial charge in [0.05, 0.1) is 0 Å². The molecule has 1 heterocycles. The second kappa shape index (κ2) is 4.86. The first-order valence-electron chi connectivity index (χ1n) is 4.96. The molecule has 1 aromatic heterocycles. The number of hydrogen-bond acceptors (Lipinski definition) is 4. The second-order valence-corrected chi connectivity index (χ2v) is 4.67. The van der Waals surface area contributed by atoms with Crippen molar-refractivity contribution in [3.8, 4) is 0 Å². The maximum absolute atomic E-state index is 11.4. The normalized spacial score (nSPS) is 11.4. The number of H-pyrrole nitrogens is 1. The zero-order valence-electron chi connectivity index (χ0n) is 9.37. The largest absolute Gasteiger partial charge is 0.356 e. The van der Waals surface area contributed by atoms with Crippen molar-refractivity contribution in [3.63, 3.8) is 0 Å². The Bertz CT molecular complexity index is 301. The minimum absolute atomic E-state index is 0.0240. The number of rotatable bonds is 4. The van der Waals surface area contributed by atoms with Crippen LogP contribution in [0.1, 0.15) is 33.0 Å². The number of aromatic amines is 1. The van der Waals surface area contributed by atoms with Crippen molar-refractivity contribution in [3.05, 3.63) is 5.82 Å². The third kappa shape index (κ3) is 5.09. The van der Waals surface area contributed by atoms with Gasteiger partial charge in [-0.1, -0.05) is 26.0 Å². The Kier molecular flexibility index (Phi) is 3.76. The highest BCUT2D eigenvalue weighted by atomic mass is 16.1. The quantitative estimate of drug-likeness (QED) is 0.750. The molecule has 0 saturated carbocycles. The van der Waals surface area contributed by atoms with Crippen LogP contribution in [0.2, 0.25) is 0 Å². The van der Waals surface area contributed by atoms with Gasteiger partial charge in [-0.25, -0.2) is 0 Å². The van der Waals surface area contributed by atoms with Gasteiger partial charge in [0, 0.05) is 19.4 Å². The number of carbonyl (C=O) groups excluding carboxylic acids is 1. The van der Waals surface area contributed by atoms with Crippen molar-refractivity contribution in [1.29, 1.82) is 0 Å². The maximum atomic E-state index is 11.4. The lowest BCUT2D eigenvalue weighted by atomic mass is 9.92. The summed E-state index contributed by atoms with van der Waals surface area (Å²) in [6, 6.07) is 0. The molecule has 0 radical (unpaired) electrons. The van der Waals surface area contributed by atoms with Crippen LogP contribution >= 0.6 is 0 Å². The van der Waals surface area contributed by atoms with Crippen LogP contribution < -0.4 is 5.32 Å². The van der Waals surface area contributed by atoms with Crippen molar-refractivity contribution in [2.24, 2.45) is 5.41 Å². The first kappa shape index (κ1) is 11.6. The number of aromatic nitrogens is 4. The van der Waals surface area contributed by atoms with E-state index >= 15 is 0 Å². The van der Waals surface area contributed by atoms with E-state index in [0.29, 0.717) is 25.2 Å². The van der Waals surface area contributed by atoms with E-state index < -0.39 is 0 Å². The molecule has 6 heteroatoms. The van der Waals surface area contributed by atoms with E-state index in [2.05, 4.69) is 25.9 Å². The molecule has 0 spiro atoms. The van der Waals surface area contributed by atoms with Gasteiger partial charge in [-0.05, 0) is 5.41 Å². The van der Waals surface area contributed by atoms with E-state index in [-0.39, 0.29) is 11.3 Å². The number of nitrogens with one attached hydrogen (secondary N) is 2. The van der Waals surface area contributed by atoms with E-state index in [1.54, 1.807) is 0 Å². The third-order valence-electron chi connectivity index (χ3n) is 1.75. The molecule has 0 aliphatic carbocycles. The second-order valence-electron chi connectivity index (χ2n) is 4.67. The van der Waals surface area contributed by atoms with Gasteiger partial charge >= 0.3 is 0 Å². The molecule has 0 fully saturated rings. The molecule has 1 amide bonds. The Morgan fingerprint density at radius 1 is 1.47 bits per heavy atom. The summed E-state index contributed by atoms with van der Waals surface area (Å²) in [4.78, 5) is 11.4. The molecule has 0 aliphatic heterocycles. The standard InChI is InChI=1S/C9H17N5O/c1-9(2,3)6-8(15)10-5-4-7-11-13-14-12-7/h4-6H2,1-3H3,(H,10,15)(H,11,12,13,14). The average molecular weight is 211 g/mol. The number of hydrogen-bond donors (Lipinski definition) is 2. The Morgan fingerprint density at radius 3 is 2.73 bits per heavy atom. The van der Waals surface area contributed by atoms with Gasteiger partial charge in [0.1, 0.15) is 0 Å². The van der Waals surface area contributed by atoms with Gasteiger partial charge in [0.2, 0.25) is 5.91 Å². The lowest BCUT2D eigenvalue weighted by Crippen LogP contribution is -2.29. The SMILES string of the molecule is CC(C)(C)CC(=O)NCCc1nn[nH]n1. The highest BCUT2D eigenvalue weighted by Gasteiger charge is 2.15. The molecule has 0 aliphatic rings. The number of amides is 1. The van der Waals surface area contributed by atoms with Crippen LogP contribution in [0.3, 0.4) is 0 Å². The lowest BCUT2D eigenvalue weighted by molar-refractivity contribution is -0.122. The fraction of sp³-hybridized carbons (Fsp3) is 0.778. The van der Waals surface area contributed by atoms with Crippen LogP contribution in [-0.4, -0.2) is 33.1 Å². The van der Waals surface area contributed by atoms with Crippen LogP contribution in [0.4, 0.5) is 0 Å². The molecule has 2 N–H and O–H groups in total. The Morgan fingerprint density at radius 2 is 2.20 bits per heavy atom. The molecule has 0 unspecified atom stereocenters. The molecule has 1 rings (SSSR count). The molecule has 0 aromatic carbocycles. The number of nitrogens with zero attached hydrogens (tertiary/aromatic N) is 3. The van der Waals surface area contributed by atoms with Crippen molar-refractivity contribution in [1.82, 2.24) is 25.9 Å². The summed E-state index contributed by atoms with van der Waals surface area (Å²) in [5.41, 5.74) is 0.0240. The van der Waals surface area contributed by atoms with Crippen LogP contribution in [0.25, 0.3) is 0 Å². The zero-order valence-corrected chi connectivity index (χ0v) is 9.37. The van der Waals surface area contributed by atoms with Gasteiger partial charge in [0.25, 0.3) is 0 Å². The summed E-state index contributed by atoms with van der Waals surface area (Å²) in [6.45, 7) is 6.65. The summed E-state index contributed by atoms with van der Waals surface area (Å²) in [6.07, 6.45) is 1.13. The van der Waals surface area contributed by atoms with Gasteiger partial charge < -0.3 is 5.32 Å². The van der Waals surface area contributed by atoms with Crippen molar-refractivity contribution < 1.29 is 4.79 Å². The van der Waals surface area contributed by atoms with Gasteiger partial charge in [-0.3, -0.25) is 4.79 Å². The van der Waals surface area contributed by atoms with Crippen molar-refractivity contribution in [2.45, 2.75) is 33.6 Å². The monoisotopic (exact) mass is 211 g/mol. The first-order chi connectivity index (χ1) is 6.97. The third-order valence-corrected chi connectivity index (χ3v) is 1.75. The number of carbonyl (C=O) groups is 1. The minimum atomic E-state index is 0.0240. The first-order valence-corrected chi connectivity index (χ1v) is 4.96.